The second-order valence-corrected chi connectivity index (χ2v) is 2.78. The Hall–Kier alpha value is -1.78. The van der Waals surface area contributed by atoms with Crippen LogP contribution in [0.3, 0.4) is 0 Å². The van der Waals surface area contributed by atoms with Crippen LogP contribution in [-0.4, -0.2) is 20.2 Å². The van der Waals surface area contributed by atoms with Gasteiger partial charge < -0.3 is 10.7 Å². The summed E-state index contributed by atoms with van der Waals surface area (Å²) in [4.78, 5) is 6.94. The van der Waals surface area contributed by atoms with E-state index < -0.39 is 0 Å². The fourth-order valence-electron chi connectivity index (χ4n) is 1.35. The van der Waals surface area contributed by atoms with E-state index in [9.17, 15) is 0 Å². The Morgan fingerprint density at radius 1 is 1.54 bits per heavy atom. The van der Waals surface area contributed by atoms with Crippen LogP contribution in [-0.2, 0) is 6.42 Å². The summed E-state index contributed by atoms with van der Waals surface area (Å²) in [6.07, 6.45) is 4.23. The number of hydrogen-bond acceptors (Lipinski definition) is 3. The summed E-state index contributed by atoms with van der Waals surface area (Å²) in [5, 5.41) is 6.83. The van der Waals surface area contributed by atoms with E-state index in [1.54, 1.807) is 12.5 Å². The maximum atomic E-state index is 5.68. The van der Waals surface area contributed by atoms with Crippen LogP contribution in [0, 0.1) is 0 Å². The zero-order chi connectivity index (χ0) is 9.26. The summed E-state index contributed by atoms with van der Waals surface area (Å²) >= 11 is 0. The zero-order valence-electron chi connectivity index (χ0n) is 7.33. The maximum absolute atomic E-state index is 5.68. The van der Waals surface area contributed by atoms with Gasteiger partial charge in [0.1, 0.15) is 5.82 Å². The van der Waals surface area contributed by atoms with Crippen molar-refractivity contribution in [2.45, 2.75) is 13.3 Å². The molecular formula is C8H11N5. The minimum absolute atomic E-state index is 0.562. The second-order valence-electron chi connectivity index (χ2n) is 2.78. The highest BCUT2D eigenvalue weighted by molar-refractivity contribution is 5.64. The first-order chi connectivity index (χ1) is 6.33. The molecule has 0 aromatic carbocycles. The molecule has 0 bridgehead atoms. The number of hydrogen-bond donors (Lipinski definition) is 3. The molecule has 0 aliphatic carbocycles. The average molecular weight is 177 g/mol. The van der Waals surface area contributed by atoms with Crippen LogP contribution in [0.15, 0.2) is 12.5 Å². The van der Waals surface area contributed by atoms with Gasteiger partial charge in [0.15, 0.2) is 0 Å². The Kier molecular flexibility index (Phi) is 1.77. The number of aromatic nitrogens is 4. The minimum atomic E-state index is 0.562. The van der Waals surface area contributed by atoms with Gasteiger partial charge in [-0.3, -0.25) is 5.10 Å². The van der Waals surface area contributed by atoms with Crippen molar-refractivity contribution >= 4 is 5.82 Å². The molecule has 0 fully saturated rings. The number of anilines is 1. The lowest BCUT2D eigenvalue weighted by atomic mass is 10.1. The number of nitrogens with two attached hydrogens (primary N) is 1. The Morgan fingerprint density at radius 2 is 2.38 bits per heavy atom. The number of H-pyrrole nitrogens is 2. The molecule has 0 saturated heterocycles. The Morgan fingerprint density at radius 3 is 3.00 bits per heavy atom. The summed E-state index contributed by atoms with van der Waals surface area (Å²) < 4.78 is 0. The van der Waals surface area contributed by atoms with E-state index in [0.717, 1.165) is 23.4 Å². The van der Waals surface area contributed by atoms with Gasteiger partial charge in [-0.2, -0.15) is 5.10 Å². The van der Waals surface area contributed by atoms with Crippen molar-refractivity contribution in [2.75, 3.05) is 5.73 Å². The van der Waals surface area contributed by atoms with E-state index in [0.29, 0.717) is 5.82 Å². The Labute approximate surface area is 75.4 Å². The van der Waals surface area contributed by atoms with Crippen molar-refractivity contribution in [2.24, 2.45) is 0 Å². The number of nitrogens with zero attached hydrogens (tertiary/aromatic N) is 2. The molecule has 2 aromatic rings. The molecule has 68 valence electrons. The fourth-order valence-corrected chi connectivity index (χ4v) is 1.35. The lowest BCUT2D eigenvalue weighted by molar-refractivity contribution is 1.10. The first kappa shape index (κ1) is 7.85. The van der Waals surface area contributed by atoms with Crippen molar-refractivity contribution in [3.8, 4) is 11.4 Å². The lowest BCUT2D eigenvalue weighted by Gasteiger charge is -1.96. The molecule has 13 heavy (non-hydrogen) atoms. The van der Waals surface area contributed by atoms with Gasteiger partial charge in [-0.05, 0) is 6.42 Å². The molecule has 0 saturated carbocycles. The average Bonchev–Trinajstić information content (AvgIpc) is 2.71. The van der Waals surface area contributed by atoms with Crippen molar-refractivity contribution in [1.29, 1.82) is 0 Å². The maximum Gasteiger partial charge on any atom is 0.149 e. The molecule has 0 radical (unpaired) electrons. The number of rotatable bonds is 2. The molecule has 2 aromatic heterocycles. The van der Waals surface area contributed by atoms with Crippen molar-refractivity contribution in [3.63, 3.8) is 0 Å². The summed E-state index contributed by atoms with van der Waals surface area (Å²) in [6.45, 7) is 2.04. The summed E-state index contributed by atoms with van der Waals surface area (Å²) in [5.74, 6) is 0.562. The van der Waals surface area contributed by atoms with Crippen LogP contribution in [0.4, 0.5) is 5.82 Å². The molecule has 2 heterocycles. The largest absolute Gasteiger partial charge is 0.382 e. The summed E-state index contributed by atoms with van der Waals surface area (Å²) in [5.41, 5.74) is 8.56. The molecule has 5 nitrogen and oxygen atoms in total. The van der Waals surface area contributed by atoms with E-state index in [4.69, 9.17) is 5.73 Å². The highest BCUT2D eigenvalue weighted by Crippen LogP contribution is 2.22. The highest BCUT2D eigenvalue weighted by Gasteiger charge is 2.10. The first-order valence-electron chi connectivity index (χ1n) is 4.14. The summed E-state index contributed by atoms with van der Waals surface area (Å²) in [7, 11) is 0. The van der Waals surface area contributed by atoms with Crippen molar-refractivity contribution < 1.29 is 0 Å². The van der Waals surface area contributed by atoms with Gasteiger partial charge in [0.25, 0.3) is 0 Å². The third-order valence-corrected chi connectivity index (χ3v) is 2.02. The minimum Gasteiger partial charge on any atom is -0.382 e. The van der Waals surface area contributed by atoms with Crippen LogP contribution in [0.25, 0.3) is 11.4 Å². The van der Waals surface area contributed by atoms with Gasteiger partial charge in [-0.1, -0.05) is 6.92 Å². The van der Waals surface area contributed by atoms with Gasteiger partial charge >= 0.3 is 0 Å². The van der Waals surface area contributed by atoms with Crippen LogP contribution >= 0.6 is 0 Å². The Bertz CT molecular complexity index is 387. The van der Waals surface area contributed by atoms with Crippen molar-refractivity contribution in [3.05, 3.63) is 18.1 Å². The molecular weight excluding hydrogens is 166 g/mol. The van der Waals surface area contributed by atoms with Gasteiger partial charge in [0.05, 0.1) is 23.9 Å². The lowest BCUT2D eigenvalue weighted by Crippen LogP contribution is -1.90. The highest BCUT2D eigenvalue weighted by atomic mass is 15.2. The number of imidazole rings is 1. The first-order valence-corrected chi connectivity index (χ1v) is 4.14. The number of aromatic amines is 2. The Balaban J connectivity index is 2.52. The van der Waals surface area contributed by atoms with Gasteiger partial charge in [0.2, 0.25) is 0 Å². The SMILES string of the molecule is CCc1c(N)n[nH]c1-c1cnc[nH]1. The zero-order valence-corrected chi connectivity index (χ0v) is 7.33. The quantitative estimate of drug-likeness (QED) is 0.638. The van der Waals surface area contributed by atoms with Gasteiger partial charge in [-0.25, -0.2) is 4.98 Å². The van der Waals surface area contributed by atoms with Crippen molar-refractivity contribution in [1.82, 2.24) is 20.2 Å². The molecule has 0 spiro atoms. The predicted molar refractivity (Wildman–Crippen MR) is 50.0 cm³/mol. The standard InChI is InChI=1S/C8H11N5/c1-2-5-7(12-13-8(5)9)6-3-10-4-11-6/h3-4H,2H2,1H3,(H,10,11)(H3,9,12,13). The van der Waals surface area contributed by atoms with Gasteiger partial charge in [0, 0.05) is 5.56 Å². The van der Waals surface area contributed by atoms with Crippen LogP contribution < -0.4 is 5.73 Å². The molecule has 0 aliphatic rings. The molecule has 0 atom stereocenters. The van der Waals surface area contributed by atoms with E-state index in [1.165, 1.54) is 0 Å². The molecule has 2 rings (SSSR count). The molecule has 0 amide bonds. The predicted octanol–water partition coefficient (Wildman–Crippen LogP) is 0.944. The number of nitrogens with one attached hydrogen (secondary N) is 2. The molecule has 0 unspecified atom stereocenters. The monoisotopic (exact) mass is 177 g/mol. The van der Waals surface area contributed by atoms with Crippen LogP contribution in [0.5, 0.6) is 0 Å². The third-order valence-electron chi connectivity index (χ3n) is 2.02. The van der Waals surface area contributed by atoms with Crippen LogP contribution in [0.1, 0.15) is 12.5 Å². The third kappa shape index (κ3) is 1.18. The fraction of sp³-hybridized carbons (Fsp3) is 0.250. The smallest absolute Gasteiger partial charge is 0.149 e. The summed E-state index contributed by atoms with van der Waals surface area (Å²) in [6, 6.07) is 0. The van der Waals surface area contributed by atoms with Crippen LogP contribution in [0.2, 0.25) is 0 Å². The topological polar surface area (TPSA) is 83.4 Å². The van der Waals surface area contributed by atoms with E-state index in [2.05, 4.69) is 20.2 Å². The number of nitrogen functional groups attached to an aromatic ring is 1. The van der Waals surface area contributed by atoms with E-state index in [-0.39, 0.29) is 0 Å². The molecule has 5 heteroatoms. The molecule has 4 N–H and O–H groups in total. The second kappa shape index (κ2) is 2.93. The van der Waals surface area contributed by atoms with Gasteiger partial charge in [-0.15, -0.1) is 0 Å². The van der Waals surface area contributed by atoms with E-state index in [1.807, 2.05) is 6.92 Å². The normalized spacial score (nSPS) is 10.5. The molecule has 0 aliphatic heterocycles. The van der Waals surface area contributed by atoms with E-state index >= 15 is 0 Å².